The monoisotopic (exact) mass is 384 g/mol. The Morgan fingerprint density at radius 2 is 1.96 bits per heavy atom. The lowest BCUT2D eigenvalue weighted by Crippen LogP contribution is -2.45. The summed E-state index contributed by atoms with van der Waals surface area (Å²) < 4.78 is 5.82. The second-order valence-corrected chi connectivity index (χ2v) is 10.4. The molecule has 1 aromatic rings. The van der Waals surface area contributed by atoms with E-state index in [9.17, 15) is 4.79 Å². The highest BCUT2D eigenvalue weighted by Crippen LogP contribution is 2.52. The van der Waals surface area contributed by atoms with Crippen LogP contribution in [0.4, 0.5) is 4.79 Å². The number of likely N-dealkylation sites (tertiary alicyclic amines) is 1. The summed E-state index contributed by atoms with van der Waals surface area (Å²) in [4.78, 5) is 17.8. The van der Waals surface area contributed by atoms with E-state index in [1.165, 1.54) is 37.8 Å². The number of hydrogen-bond acceptors (Lipinski definition) is 3. The minimum Gasteiger partial charge on any atom is -0.444 e. The Morgan fingerprint density at radius 3 is 2.54 bits per heavy atom. The average molecular weight is 385 g/mol. The summed E-state index contributed by atoms with van der Waals surface area (Å²) in [6.07, 6.45) is 6.02. The number of hydrogen-bond donors (Lipinski definition) is 0. The van der Waals surface area contributed by atoms with Gasteiger partial charge in [0.15, 0.2) is 0 Å². The van der Waals surface area contributed by atoms with Gasteiger partial charge in [-0.05, 0) is 71.9 Å². The second-order valence-electron chi connectivity index (χ2n) is 10.4. The molecule has 154 valence electrons. The standard InChI is InChI=1S/C24H36N2O2/c1-18-9-8-14-25(18)16-24(12-13-24)17-26(22(27)28-23(2,3)4)21-15-20(21)19-10-6-5-7-11-19/h5-7,10-11,18,20-21H,8-9,12-17H2,1-4H3/t18-,20?,21+/m1/s1. The van der Waals surface area contributed by atoms with Crippen LogP contribution in [0.3, 0.4) is 0 Å². The Bertz CT molecular complexity index is 692. The lowest BCUT2D eigenvalue weighted by Gasteiger charge is -2.33. The molecule has 4 nitrogen and oxygen atoms in total. The fourth-order valence-corrected chi connectivity index (χ4v) is 4.79. The molecule has 1 unspecified atom stereocenters. The Labute approximate surface area is 170 Å². The number of nitrogens with zero attached hydrogens (tertiary/aromatic N) is 2. The first kappa shape index (κ1) is 19.8. The molecule has 1 saturated heterocycles. The van der Waals surface area contributed by atoms with E-state index in [1.54, 1.807) is 0 Å². The Hall–Kier alpha value is -1.55. The van der Waals surface area contributed by atoms with Crippen LogP contribution >= 0.6 is 0 Å². The van der Waals surface area contributed by atoms with Gasteiger partial charge >= 0.3 is 6.09 Å². The van der Waals surface area contributed by atoms with Crippen molar-refractivity contribution in [2.24, 2.45) is 5.41 Å². The largest absolute Gasteiger partial charge is 0.444 e. The average Bonchev–Trinajstić information content (AvgIpc) is 3.53. The lowest BCUT2D eigenvalue weighted by molar-refractivity contribution is 0.0170. The summed E-state index contributed by atoms with van der Waals surface area (Å²) in [6, 6.07) is 11.6. The maximum Gasteiger partial charge on any atom is 0.410 e. The molecule has 3 fully saturated rings. The normalized spacial score (nSPS) is 28.8. The van der Waals surface area contributed by atoms with Crippen molar-refractivity contribution in [2.45, 2.75) is 83.4 Å². The molecule has 1 amide bonds. The van der Waals surface area contributed by atoms with Gasteiger partial charge in [0.25, 0.3) is 0 Å². The van der Waals surface area contributed by atoms with Crippen molar-refractivity contribution in [3.8, 4) is 0 Å². The van der Waals surface area contributed by atoms with E-state index in [0.29, 0.717) is 12.0 Å². The number of carbonyl (C=O) groups excluding carboxylic acids is 1. The maximum absolute atomic E-state index is 13.1. The molecular weight excluding hydrogens is 348 g/mol. The first-order chi connectivity index (χ1) is 13.3. The van der Waals surface area contributed by atoms with E-state index in [1.807, 2.05) is 20.8 Å². The van der Waals surface area contributed by atoms with Gasteiger partial charge in [0.1, 0.15) is 5.60 Å². The molecule has 28 heavy (non-hydrogen) atoms. The lowest BCUT2D eigenvalue weighted by atomic mass is 10.0. The third-order valence-electron chi connectivity index (χ3n) is 6.70. The van der Waals surface area contributed by atoms with Crippen molar-refractivity contribution in [3.05, 3.63) is 35.9 Å². The summed E-state index contributed by atoms with van der Waals surface area (Å²) in [5.41, 5.74) is 1.17. The molecule has 0 aromatic heterocycles. The van der Waals surface area contributed by atoms with E-state index >= 15 is 0 Å². The molecule has 0 N–H and O–H groups in total. The van der Waals surface area contributed by atoms with Gasteiger partial charge in [-0.25, -0.2) is 4.79 Å². The Morgan fingerprint density at radius 1 is 1.25 bits per heavy atom. The van der Waals surface area contributed by atoms with Crippen LogP contribution in [0.15, 0.2) is 30.3 Å². The molecule has 4 rings (SSSR count). The predicted octanol–water partition coefficient (Wildman–Crippen LogP) is 5.04. The smallest absolute Gasteiger partial charge is 0.410 e. The zero-order valence-corrected chi connectivity index (χ0v) is 18.0. The molecule has 0 spiro atoms. The van der Waals surface area contributed by atoms with Gasteiger partial charge in [0.05, 0.1) is 0 Å². The van der Waals surface area contributed by atoms with Crippen LogP contribution in [-0.2, 0) is 4.74 Å². The van der Waals surface area contributed by atoms with E-state index in [-0.39, 0.29) is 17.6 Å². The van der Waals surface area contributed by atoms with E-state index < -0.39 is 5.60 Å². The van der Waals surface area contributed by atoms with Crippen LogP contribution in [0.25, 0.3) is 0 Å². The van der Waals surface area contributed by atoms with E-state index in [2.05, 4.69) is 47.1 Å². The minimum absolute atomic E-state index is 0.128. The maximum atomic E-state index is 13.1. The molecule has 3 atom stereocenters. The molecule has 2 aliphatic carbocycles. The Kier molecular flexibility index (Phi) is 5.20. The second kappa shape index (κ2) is 7.37. The third kappa shape index (κ3) is 4.53. The summed E-state index contributed by atoms with van der Waals surface area (Å²) in [7, 11) is 0. The first-order valence-corrected chi connectivity index (χ1v) is 11.1. The molecule has 1 aromatic carbocycles. The quantitative estimate of drug-likeness (QED) is 0.688. The predicted molar refractivity (Wildman–Crippen MR) is 112 cm³/mol. The van der Waals surface area contributed by atoms with Gasteiger partial charge in [-0.1, -0.05) is 30.3 Å². The summed E-state index contributed by atoms with van der Waals surface area (Å²) in [5.74, 6) is 0.454. The Balaban J connectivity index is 1.47. The number of amides is 1. The van der Waals surface area contributed by atoms with E-state index in [4.69, 9.17) is 4.74 Å². The number of ether oxygens (including phenoxy) is 1. The van der Waals surface area contributed by atoms with Crippen LogP contribution in [0.5, 0.6) is 0 Å². The van der Waals surface area contributed by atoms with Crippen LogP contribution in [-0.4, -0.2) is 53.2 Å². The van der Waals surface area contributed by atoms with Crippen molar-refractivity contribution in [1.29, 1.82) is 0 Å². The summed E-state index contributed by atoms with van der Waals surface area (Å²) >= 11 is 0. The van der Waals surface area contributed by atoms with Gasteiger partial charge in [0.2, 0.25) is 0 Å². The van der Waals surface area contributed by atoms with Crippen LogP contribution in [0.2, 0.25) is 0 Å². The van der Waals surface area contributed by atoms with Crippen molar-refractivity contribution < 1.29 is 9.53 Å². The fourth-order valence-electron chi connectivity index (χ4n) is 4.79. The zero-order valence-electron chi connectivity index (χ0n) is 18.0. The molecule has 3 aliphatic rings. The third-order valence-corrected chi connectivity index (χ3v) is 6.70. The zero-order chi connectivity index (χ0) is 19.9. The topological polar surface area (TPSA) is 32.8 Å². The molecule has 0 radical (unpaired) electrons. The van der Waals surface area contributed by atoms with Crippen molar-refractivity contribution in [1.82, 2.24) is 9.80 Å². The number of benzene rings is 1. The van der Waals surface area contributed by atoms with Gasteiger partial charge in [-0.15, -0.1) is 0 Å². The molecule has 2 saturated carbocycles. The molecule has 1 heterocycles. The van der Waals surface area contributed by atoms with Crippen molar-refractivity contribution in [3.63, 3.8) is 0 Å². The highest BCUT2D eigenvalue weighted by Gasteiger charge is 2.52. The number of rotatable bonds is 6. The summed E-state index contributed by atoms with van der Waals surface area (Å²) in [5, 5.41) is 0. The van der Waals surface area contributed by atoms with Crippen molar-refractivity contribution in [2.75, 3.05) is 19.6 Å². The van der Waals surface area contributed by atoms with Gasteiger partial charge < -0.3 is 14.5 Å². The molecule has 0 bridgehead atoms. The molecule has 1 aliphatic heterocycles. The van der Waals surface area contributed by atoms with Crippen molar-refractivity contribution >= 4 is 6.09 Å². The first-order valence-electron chi connectivity index (χ1n) is 11.1. The molecular formula is C24H36N2O2. The summed E-state index contributed by atoms with van der Waals surface area (Å²) in [6.45, 7) is 11.4. The van der Waals surface area contributed by atoms with Gasteiger partial charge in [-0.2, -0.15) is 0 Å². The van der Waals surface area contributed by atoms with Gasteiger partial charge in [-0.3, -0.25) is 0 Å². The molecule has 4 heteroatoms. The van der Waals surface area contributed by atoms with Gasteiger partial charge in [0, 0.05) is 36.5 Å². The highest BCUT2D eigenvalue weighted by atomic mass is 16.6. The van der Waals surface area contributed by atoms with E-state index in [0.717, 1.165) is 19.5 Å². The SMILES string of the molecule is C[C@@H]1CCCN1CC1(CN(C(=O)OC(C)(C)C)[C@H]2CC2c2ccccc2)CC1. The minimum atomic E-state index is -0.452. The van der Waals surface area contributed by atoms with Crippen LogP contribution in [0.1, 0.15) is 71.3 Å². The number of carbonyl (C=O) groups is 1. The highest BCUT2D eigenvalue weighted by molar-refractivity contribution is 5.69. The van der Waals surface area contributed by atoms with Crippen LogP contribution < -0.4 is 0 Å². The van der Waals surface area contributed by atoms with Crippen LogP contribution in [0, 0.1) is 5.41 Å². The fraction of sp³-hybridized carbons (Fsp3) is 0.708.